The number of halogens is 1. The minimum absolute atomic E-state index is 0.220. The summed E-state index contributed by atoms with van der Waals surface area (Å²) in [5, 5.41) is 15.4. The average molecular weight is 265 g/mol. The van der Waals surface area contributed by atoms with E-state index in [2.05, 4.69) is 5.10 Å². The van der Waals surface area contributed by atoms with Gasteiger partial charge in [-0.05, 0) is 50.1 Å². The van der Waals surface area contributed by atoms with Gasteiger partial charge in [0, 0.05) is 17.3 Å². The Hall–Kier alpha value is -1.32. The van der Waals surface area contributed by atoms with E-state index >= 15 is 0 Å². The molecule has 2 rings (SSSR count). The predicted octanol–water partition coefficient (Wildman–Crippen LogP) is 3.51. The van der Waals surface area contributed by atoms with Gasteiger partial charge in [0.2, 0.25) is 0 Å². The third kappa shape index (κ3) is 2.42. The quantitative estimate of drug-likeness (QED) is 0.921. The van der Waals surface area contributed by atoms with Gasteiger partial charge in [-0.15, -0.1) is 0 Å². The maximum absolute atomic E-state index is 10.5. The van der Waals surface area contributed by atoms with E-state index in [0.717, 1.165) is 16.8 Å². The fourth-order valence-corrected chi connectivity index (χ4v) is 2.30. The maximum atomic E-state index is 10.5. The van der Waals surface area contributed by atoms with Gasteiger partial charge in [-0.3, -0.25) is 4.68 Å². The lowest BCUT2D eigenvalue weighted by molar-refractivity contribution is 0.204. The Bertz CT molecular complexity index is 548. The van der Waals surface area contributed by atoms with Crippen LogP contribution in [0.15, 0.2) is 30.5 Å². The molecule has 0 saturated carbocycles. The Morgan fingerprint density at radius 1 is 1.28 bits per heavy atom. The molecular formula is C14H17ClN2O. The van der Waals surface area contributed by atoms with Crippen molar-refractivity contribution in [3.8, 4) is 0 Å². The number of aliphatic hydroxyl groups excluding tert-OH is 1. The predicted molar refractivity (Wildman–Crippen MR) is 72.9 cm³/mol. The Labute approximate surface area is 112 Å². The van der Waals surface area contributed by atoms with Crippen LogP contribution in [0.3, 0.4) is 0 Å². The first-order valence-electron chi connectivity index (χ1n) is 5.98. The molecule has 1 heterocycles. The summed E-state index contributed by atoms with van der Waals surface area (Å²) in [6.45, 7) is 6.02. The summed E-state index contributed by atoms with van der Waals surface area (Å²) >= 11 is 5.93. The standard InChI is InChI=1S/C14H17ClN2O/c1-9(2)17-13(6-7-16-17)14(18)12-5-4-11(15)8-10(12)3/h4-9,14,18H,1-3H3. The Balaban J connectivity index is 2.41. The molecule has 18 heavy (non-hydrogen) atoms. The largest absolute Gasteiger partial charge is 0.382 e. The SMILES string of the molecule is Cc1cc(Cl)ccc1C(O)c1ccnn1C(C)C. The van der Waals surface area contributed by atoms with Crippen LogP contribution in [-0.4, -0.2) is 14.9 Å². The summed E-state index contributed by atoms with van der Waals surface area (Å²) in [6.07, 6.45) is 1.04. The van der Waals surface area contributed by atoms with Gasteiger partial charge in [-0.1, -0.05) is 17.7 Å². The minimum atomic E-state index is -0.674. The van der Waals surface area contributed by atoms with Crippen molar-refractivity contribution in [1.29, 1.82) is 0 Å². The van der Waals surface area contributed by atoms with Crippen LogP contribution in [0, 0.1) is 6.92 Å². The molecule has 1 atom stereocenters. The summed E-state index contributed by atoms with van der Waals surface area (Å²) in [5.41, 5.74) is 2.64. The maximum Gasteiger partial charge on any atom is 0.121 e. The lowest BCUT2D eigenvalue weighted by Crippen LogP contribution is -2.12. The zero-order valence-electron chi connectivity index (χ0n) is 10.8. The Morgan fingerprint density at radius 2 is 2.00 bits per heavy atom. The van der Waals surface area contributed by atoms with Crippen molar-refractivity contribution < 1.29 is 5.11 Å². The average Bonchev–Trinajstić information content (AvgIpc) is 2.77. The molecule has 1 N–H and O–H groups in total. The second kappa shape index (κ2) is 5.12. The topological polar surface area (TPSA) is 38.1 Å². The van der Waals surface area contributed by atoms with Gasteiger partial charge in [0.05, 0.1) is 5.69 Å². The van der Waals surface area contributed by atoms with Crippen LogP contribution in [0.1, 0.15) is 42.8 Å². The number of hydrogen-bond acceptors (Lipinski definition) is 2. The highest BCUT2D eigenvalue weighted by atomic mass is 35.5. The molecular weight excluding hydrogens is 248 g/mol. The minimum Gasteiger partial charge on any atom is -0.382 e. The van der Waals surface area contributed by atoms with Crippen LogP contribution in [-0.2, 0) is 0 Å². The van der Waals surface area contributed by atoms with E-state index < -0.39 is 6.10 Å². The third-order valence-corrected chi connectivity index (χ3v) is 3.23. The summed E-state index contributed by atoms with van der Waals surface area (Å²) in [6, 6.07) is 7.58. The number of aliphatic hydroxyl groups is 1. The molecule has 0 radical (unpaired) electrons. The molecule has 1 aromatic carbocycles. The summed E-state index contributed by atoms with van der Waals surface area (Å²) in [5.74, 6) is 0. The smallest absolute Gasteiger partial charge is 0.121 e. The Morgan fingerprint density at radius 3 is 2.61 bits per heavy atom. The number of aryl methyl sites for hydroxylation is 1. The first kappa shape index (κ1) is 13.1. The third-order valence-electron chi connectivity index (χ3n) is 3.00. The fourth-order valence-electron chi connectivity index (χ4n) is 2.08. The van der Waals surface area contributed by atoms with Gasteiger partial charge in [0.25, 0.3) is 0 Å². The van der Waals surface area contributed by atoms with Gasteiger partial charge in [0.15, 0.2) is 0 Å². The summed E-state index contributed by atoms with van der Waals surface area (Å²) in [4.78, 5) is 0. The molecule has 96 valence electrons. The Kier molecular flexibility index (Phi) is 3.73. The molecule has 1 aromatic heterocycles. The van der Waals surface area contributed by atoms with Crippen LogP contribution in [0.25, 0.3) is 0 Å². The van der Waals surface area contributed by atoms with Crippen molar-refractivity contribution in [2.24, 2.45) is 0 Å². The van der Waals surface area contributed by atoms with Crippen LogP contribution in [0.5, 0.6) is 0 Å². The molecule has 0 aliphatic carbocycles. The molecule has 0 fully saturated rings. The van der Waals surface area contributed by atoms with E-state index in [1.165, 1.54) is 0 Å². The molecule has 0 saturated heterocycles. The van der Waals surface area contributed by atoms with Crippen LogP contribution < -0.4 is 0 Å². The highest BCUT2D eigenvalue weighted by molar-refractivity contribution is 6.30. The second-order valence-corrected chi connectivity index (χ2v) is 5.13. The summed E-state index contributed by atoms with van der Waals surface area (Å²) in [7, 11) is 0. The van der Waals surface area contributed by atoms with Crippen molar-refractivity contribution in [3.63, 3.8) is 0 Å². The number of hydrogen-bond donors (Lipinski definition) is 1. The molecule has 1 unspecified atom stereocenters. The number of nitrogens with zero attached hydrogens (tertiary/aromatic N) is 2. The molecule has 0 spiro atoms. The van der Waals surface area contributed by atoms with Crippen molar-refractivity contribution >= 4 is 11.6 Å². The molecule has 0 bridgehead atoms. The molecule has 0 amide bonds. The van der Waals surface area contributed by atoms with Gasteiger partial charge >= 0.3 is 0 Å². The van der Waals surface area contributed by atoms with E-state index in [1.807, 2.05) is 43.7 Å². The van der Waals surface area contributed by atoms with Crippen molar-refractivity contribution in [1.82, 2.24) is 9.78 Å². The lowest BCUT2D eigenvalue weighted by atomic mass is 10.0. The van der Waals surface area contributed by atoms with E-state index in [1.54, 1.807) is 12.3 Å². The van der Waals surface area contributed by atoms with E-state index in [-0.39, 0.29) is 6.04 Å². The van der Waals surface area contributed by atoms with Crippen molar-refractivity contribution in [3.05, 3.63) is 52.3 Å². The second-order valence-electron chi connectivity index (χ2n) is 4.70. The first-order valence-corrected chi connectivity index (χ1v) is 6.36. The van der Waals surface area contributed by atoms with E-state index in [9.17, 15) is 5.11 Å². The zero-order chi connectivity index (χ0) is 13.3. The van der Waals surface area contributed by atoms with Crippen LogP contribution in [0.4, 0.5) is 0 Å². The van der Waals surface area contributed by atoms with Crippen LogP contribution >= 0.6 is 11.6 Å². The molecule has 0 aliphatic rings. The summed E-state index contributed by atoms with van der Waals surface area (Å²) < 4.78 is 1.83. The molecule has 2 aromatic rings. The van der Waals surface area contributed by atoms with E-state index in [0.29, 0.717) is 5.02 Å². The lowest BCUT2D eigenvalue weighted by Gasteiger charge is -2.18. The van der Waals surface area contributed by atoms with Gasteiger partial charge in [-0.25, -0.2) is 0 Å². The molecule has 4 heteroatoms. The highest BCUT2D eigenvalue weighted by Gasteiger charge is 2.18. The van der Waals surface area contributed by atoms with Crippen LogP contribution in [0.2, 0.25) is 5.02 Å². The zero-order valence-corrected chi connectivity index (χ0v) is 11.5. The van der Waals surface area contributed by atoms with Crippen molar-refractivity contribution in [2.45, 2.75) is 32.9 Å². The van der Waals surface area contributed by atoms with Gasteiger partial charge < -0.3 is 5.11 Å². The first-order chi connectivity index (χ1) is 8.50. The molecule has 0 aliphatic heterocycles. The number of benzene rings is 1. The molecule has 3 nitrogen and oxygen atoms in total. The van der Waals surface area contributed by atoms with E-state index in [4.69, 9.17) is 11.6 Å². The number of aromatic nitrogens is 2. The highest BCUT2D eigenvalue weighted by Crippen LogP contribution is 2.27. The number of rotatable bonds is 3. The van der Waals surface area contributed by atoms with Crippen molar-refractivity contribution in [2.75, 3.05) is 0 Å². The monoisotopic (exact) mass is 264 g/mol. The van der Waals surface area contributed by atoms with Gasteiger partial charge in [0.1, 0.15) is 6.10 Å². The van der Waals surface area contributed by atoms with Gasteiger partial charge in [-0.2, -0.15) is 5.10 Å². The fraction of sp³-hybridized carbons (Fsp3) is 0.357. The normalized spacial score (nSPS) is 13.0.